The van der Waals surface area contributed by atoms with Crippen LogP contribution in [0.5, 0.6) is 0 Å². The molecule has 2 atom stereocenters. The van der Waals surface area contributed by atoms with Crippen LogP contribution in [0.3, 0.4) is 0 Å². The summed E-state index contributed by atoms with van der Waals surface area (Å²) in [7, 11) is 0. The molecule has 2 fully saturated rings. The first-order valence-electron chi connectivity index (χ1n) is 9.22. The molecule has 1 amide bonds. The maximum absolute atomic E-state index is 12.8. The zero-order chi connectivity index (χ0) is 18.1. The molecule has 0 aromatic carbocycles. The van der Waals surface area contributed by atoms with Gasteiger partial charge in [0.05, 0.1) is 18.3 Å². The van der Waals surface area contributed by atoms with Crippen molar-refractivity contribution in [3.05, 3.63) is 23.0 Å². The lowest BCUT2D eigenvalue weighted by molar-refractivity contribution is -0.140. The second kappa shape index (κ2) is 7.20. The predicted molar refractivity (Wildman–Crippen MR) is 93.3 cm³/mol. The fourth-order valence-electron chi connectivity index (χ4n) is 4.31. The van der Waals surface area contributed by atoms with Crippen molar-refractivity contribution in [3.63, 3.8) is 0 Å². The van der Waals surface area contributed by atoms with Crippen molar-refractivity contribution in [1.82, 2.24) is 9.47 Å². The number of likely N-dealkylation sites (tertiary alicyclic amines) is 1. The van der Waals surface area contributed by atoms with Crippen LogP contribution in [0.15, 0.2) is 6.07 Å². The summed E-state index contributed by atoms with van der Waals surface area (Å²) in [5, 5.41) is 10.3. The van der Waals surface area contributed by atoms with Crippen LogP contribution in [-0.4, -0.2) is 52.3 Å². The number of aromatic nitrogens is 1. The summed E-state index contributed by atoms with van der Waals surface area (Å²) in [4.78, 5) is 26.7. The Labute approximate surface area is 148 Å². The number of aliphatic hydroxyl groups is 1. The lowest BCUT2D eigenvalue weighted by Crippen LogP contribution is -2.53. The average molecular weight is 348 g/mol. The highest BCUT2D eigenvalue weighted by atomic mass is 16.5. The van der Waals surface area contributed by atoms with Gasteiger partial charge >= 0.3 is 5.97 Å². The number of hydrogen-bond acceptors (Lipinski definition) is 4. The van der Waals surface area contributed by atoms with E-state index < -0.39 is 0 Å². The van der Waals surface area contributed by atoms with Gasteiger partial charge in [-0.1, -0.05) is 6.42 Å². The molecule has 1 aliphatic carbocycles. The van der Waals surface area contributed by atoms with Crippen LogP contribution < -0.4 is 0 Å². The zero-order valence-corrected chi connectivity index (χ0v) is 15.3. The van der Waals surface area contributed by atoms with E-state index in [0.29, 0.717) is 25.3 Å². The van der Waals surface area contributed by atoms with Gasteiger partial charge in [0, 0.05) is 36.3 Å². The van der Waals surface area contributed by atoms with Crippen LogP contribution in [0.25, 0.3) is 0 Å². The number of hydrogen-bond donors (Lipinski definition) is 1. The Morgan fingerprint density at radius 1 is 1.24 bits per heavy atom. The number of fused-ring (bicyclic) bond motifs is 2. The van der Waals surface area contributed by atoms with Crippen molar-refractivity contribution < 1.29 is 19.4 Å². The van der Waals surface area contributed by atoms with Gasteiger partial charge in [0.1, 0.15) is 6.54 Å². The highest BCUT2D eigenvalue weighted by Gasteiger charge is 2.39. The minimum atomic E-state index is -0.343. The van der Waals surface area contributed by atoms with Crippen molar-refractivity contribution in [1.29, 1.82) is 0 Å². The van der Waals surface area contributed by atoms with E-state index in [2.05, 4.69) is 0 Å². The molecule has 2 bridgehead atoms. The number of rotatable bonds is 4. The summed E-state index contributed by atoms with van der Waals surface area (Å²) in [6, 6.07) is 1.79. The second-order valence-corrected chi connectivity index (χ2v) is 7.33. The van der Waals surface area contributed by atoms with Crippen LogP contribution in [0, 0.1) is 25.7 Å². The largest absolute Gasteiger partial charge is 0.462 e. The first-order valence-corrected chi connectivity index (χ1v) is 9.22. The third-order valence-corrected chi connectivity index (χ3v) is 5.74. The van der Waals surface area contributed by atoms with Gasteiger partial charge in [-0.2, -0.15) is 0 Å². The first kappa shape index (κ1) is 18.0. The SMILES string of the molecule is CCOC(=O)c1cc(C)n(CC(=O)N2CC3CCCC(C2)C3O)c1C. The maximum Gasteiger partial charge on any atom is 0.339 e. The number of piperidine rings is 1. The van der Waals surface area contributed by atoms with E-state index in [4.69, 9.17) is 4.74 Å². The molecule has 1 saturated heterocycles. The van der Waals surface area contributed by atoms with Crippen LogP contribution in [0.2, 0.25) is 0 Å². The Kier molecular flexibility index (Phi) is 5.18. The number of aliphatic hydroxyl groups excluding tert-OH is 1. The average Bonchev–Trinajstić information content (AvgIpc) is 2.83. The second-order valence-electron chi connectivity index (χ2n) is 7.33. The molecular formula is C19H28N2O4. The molecule has 0 spiro atoms. The number of ether oxygens (including phenoxy) is 1. The van der Waals surface area contributed by atoms with E-state index in [1.807, 2.05) is 23.3 Å². The molecule has 1 N–H and O–H groups in total. The normalized spacial score (nSPS) is 25.8. The molecule has 6 nitrogen and oxygen atoms in total. The van der Waals surface area contributed by atoms with E-state index in [1.54, 1.807) is 13.0 Å². The molecular weight excluding hydrogens is 320 g/mol. The Morgan fingerprint density at radius 2 is 1.88 bits per heavy atom. The Bertz CT molecular complexity index is 653. The molecule has 6 heteroatoms. The summed E-state index contributed by atoms with van der Waals surface area (Å²) in [6.45, 7) is 7.37. The molecule has 1 aromatic rings. The smallest absolute Gasteiger partial charge is 0.339 e. The third-order valence-electron chi connectivity index (χ3n) is 5.74. The lowest BCUT2D eigenvalue weighted by atomic mass is 9.75. The molecule has 25 heavy (non-hydrogen) atoms. The summed E-state index contributed by atoms with van der Waals surface area (Å²) < 4.78 is 6.97. The number of esters is 1. The highest BCUT2D eigenvalue weighted by Crippen LogP contribution is 2.35. The molecule has 0 radical (unpaired) electrons. The van der Waals surface area contributed by atoms with E-state index in [-0.39, 0.29) is 36.4 Å². The number of aryl methyl sites for hydroxylation is 1. The van der Waals surface area contributed by atoms with E-state index in [0.717, 1.165) is 30.7 Å². The molecule has 2 unspecified atom stereocenters. The lowest BCUT2D eigenvalue weighted by Gasteiger charge is -2.45. The van der Waals surface area contributed by atoms with Gasteiger partial charge < -0.3 is 19.3 Å². The van der Waals surface area contributed by atoms with E-state index >= 15 is 0 Å². The maximum atomic E-state index is 12.8. The van der Waals surface area contributed by atoms with Crippen molar-refractivity contribution >= 4 is 11.9 Å². The molecule has 1 aromatic heterocycles. The molecule has 1 saturated carbocycles. The molecule has 3 rings (SSSR count). The van der Waals surface area contributed by atoms with Gasteiger partial charge in [-0.3, -0.25) is 4.79 Å². The fourth-order valence-corrected chi connectivity index (χ4v) is 4.31. The number of nitrogens with zero attached hydrogens (tertiary/aromatic N) is 2. The number of amides is 1. The first-order chi connectivity index (χ1) is 11.9. The standard InChI is InChI=1S/C19H28N2O4/c1-4-25-19(24)16-8-12(2)21(13(16)3)11-17(22)20-9-14-6-5-7-15(10-20)18(14)23/h8,14-15,18,23H,4-7,9-11H2,1-3H3. The summed E-state index contributed by atoms with van der Waals surface area (Å²) in [5.41, 5.74) is 2.17. The number of carbonyl (C=O) groups excluding carboxylic acids is 2. The summed E-state index contributed by atoms with van der Waals surface area (Å²) >= 11 is 0. The van der Waals surface area contributed by atoms with Crippen LogP contribution in [0.4, 0.5) is 0 Å². The third kappa shape index (κ3) is 3.45. The van der Waals surface area contributed by atoms with Gasteiger partial charge in [-0.25, -0.2) is 4.79 Å². The number of carbonyl (C=O) groups is 2. The summed E-state index contributed by atoms with van der Waals surface area (Å²) in [5.74, 6) is 0.128. The predicted octanol–water partition coefficient (Wildman–Crippen LogP) is 1.90. The quantitative estimate of drug-likeness (QED) is 0.844. The summed E-state index contributed by atoms with van der Waals surface area (Å²) in [6.07, 6.45) is 2.88. The Morgan fingerprint density at radius 3 is 2.48 bits per heavy atom. The van der Waals surface area contributed by atoms with Gasteiger partial charge in [0.2, 0.25) is 5.91 Å². The van der Waals surface area contributed by atoms with Crippen molar-refractivity contribution in [3.8, 4) is 0 Å². The zero-order valence-electron chi connectivity index (χ0n) is 15.3. The van der Waals surface area contributed by atoms with Gasteiger partial charge in [0.15, 0.2) is 0 Å². The minimum Gasteiger partial charge on any atom is -0.462 e. The van der Waals surface area contributed by atoms with Gasteiger partial charge in [0.25, 0.3) is 0 Å². The molecule has 2 heterocycles. The van der Waals surface area contributed by atoms with Gasteiger partial charge in [-0.15, -0.1) is 0 Å². The minimum absolute atomic E-state index is 0.0565. The van der Waals surface area contributed by atoms with Crippen LogP contribution >= 0.6 is 0 Å². The monoisotopic (exact) mass is 348 g/mol. The fraction of sp³-hybridized carbons (Fsp3) is 0.684. The molecule has 138 valence electrons. The van der Waals surface area contributed by atoms with E-state index in [9.17, 15) is 14.7 Å². The Balaban J connectivity index is 1.72. The molecule has 2 aliphatic rings. The van der Waals surface area contributed by atoms with Crippen molar-refractivity contribution in [2.45, 2.75) is 52.7 Å². The highest BCUT2D eigenvalue weighted by molar-refractivity contribution is 5.91. The topological polar surface area (TPSA) is 71.8 Å². The van der Waals surface area contributed by atoms with Crippen molar-refractivity contribution in [2.24, 2.45) is 11.8 Å². The van der Waals surface area contributed by atoms with Crippen molar-refractivity contribution in [2.75, 3.05) is 19.7 Å². The van der Waals surface area contributed by atoms with Crippen LogP contribution in [0.1, 0.15) is 47.9 Å². The van der Waals surface area contributed by atoms with Gasteiger partial charge in [-0.05, 0) is 39.7 Å². The van der Waals surface area contributed by atoms with Crippen LogP contribution in [-0.2, 0) is 16.1 Å². The molecule has 1 aliphatic heterocycles. The van der Waals surface area contributed by atoms with E-state index in [1.165, 1.54) is 0 Å². The Hall–Kier alpha value is -1.82.